The van der Waals surface area contributed by atoms with Gasteiger partial charge in [-0.25, -0.2) is 4.39 Å². The predicted molar refractivity (Wildman–Crippen MR) is 75.5 cm³/mol. The summed E-state index contributed by atoms with van der Waals surface area (Å²) < 4.78 is 13.0. The Morgan fingerprint density at radius 2 is 1.74 bits per heavy atom. The van der Waals surface area contributed by atoms with Gasteiger partial charge in [0.1, 0.15) is 11.2 Å². The molecule has 1 aliphatic rings. The summed E-state index contributed by atoms with van der Waals surface area (Å²) in [7, 11) is 0. The van der Waals surface area contributed by atoms with Crippen molar-refractivity contribution in [1.82, 2.24) is 0 Å². The molecule has 0 N–H and O–H groups in total. The van der Waals surface area contributed by atoms with Gasteiger partial charge in [-0.15, -0.1) is 11.8 Å². The molecule has 1 atom stereocenters. The van der Waals surface area contributed by atoms with E-state index in [0.29, 0.717) is 5.75 Å². The molecule has 0 bridgehead atoms. The first-order valence-corrected chi connectivity index (χ1v) is 7.05. The van der Waals surface area contributed by atoms with Gasteiger partial charge in [0.05, 0.1) is 5.75 Å². The number of anilines is 1. The molecule has 0 spiro atoms. The fourth-order valence-electron chi connectivity index (χ4n) is 2.17. The van der Waals surface area contributed by atoms with E-state index in [2.05, 4.69) is 0 Å². The third kappa shape index (κ3) is 2.36. The molecular weight excluding hydrogens is 261 g/mol. The average molecular weight is 273 g/mol. The summed E-state index contributed by atoms with van der Waals surface area (Å²) in [5.74, 6) is 0.224. The average Bonchev–Trinajstić information content (AvgIpc) is 2.83. The van der Waals surface area contributed by atoms with Gasteiger partial charge in [0.2, 0.25) is 5.91 Å². The number of halogens is 1. The van der Waals surface area contributed by atoms with Gasteiger partial charge in [-0.3, -0.25) is 9.69 Å². The zero-order valence-corrected chi connectivity index (χ0v) is 10.9. The highest BCUT2D eigenvalue weighted by Crippen LogP contribution is 2.41. The first-order valence-electron chi connectivity index (χ1n) is 6.00. The molecule has 1 amide bonds. The van der Waals surface area contributed by atoms with E-state index < -0.39 is 0 Å². The van der Waals surface area contributed by atoms with Crippen molar-refractivity contribution in [3.8, 4) is 0 Å². The Morgan fingerprint density at radius 3 is 2.42 bits per heavy atom. The van der Waals surface area contributed by atoms with Crippen LogP contribution in [0.1, 0.15) is 10.9 Å². The summed E-state index contributed by atoms with van der Waals surface area (Å²) in [6, 6.07) is 15.9. The van der Waals surface area contributed by atoms with Crippen molar-refractivity contribution in [3.63, 3.8) is 0 Å². The van der Waals surface area contributed by atoms with Gasteiger partial charge in [-0.1, -0.05) is 30.3 Å². The zero-order valence-electron chi connectivity index (χ0n) is 10.1. The molecule has 1 unspecified atom stereocenters. The molecule has 3 rings (SSSR count). The summed E-state index contributed by atoms with van der Waals surface area (Å²) in [6.07, 6.45) is 0. The summed E-state index contributed by atoms with van der Waals surface area (Å²) in [5, 5.41) is -0.0286. The molecule has 1 heterocycles. The van der Waals surface area contributed by atoms with E-state index in [4.69, 9.17) is 0 Å². The van der Waals surface area contributed by atoms with Crippen molar-refractivity contribution in [3.05, 3.63) is 66.0 Å². The topological polar surface area (TPSA) is 20.3 Å². The molecule has 19 heavy (non-hydrogen) atoms. The van der Waals surface area contributed by atoms with Gasteiger partial charge in [0.15, 0.2) is 0 Å². The number of benzene rings is 2. The van der Waals surface area contributed by atoms with Crippen LogP contribution in [0.15, 0.2) is 54.6 Å². The van der Waals surface area contributed by atoms with Crippen LogP contribution in [0, 0.1) is 5.82 Å². The first-order chi connectivity index (χ1) is 9.25. The fourth-order valence-corrected chi connectivity index (χ4v) is 3.35. The number of hydrogen-bond donors (Lipinski definition) is 0. The van der Waals surface area contributed by atoms with Crippen LogP contribution in [-0.4, -0.2) is 11.7 Å². The Labute approximate surface area is 115 Å². The van der Waals surface area contributed by atoms with Crippen LogP contribution in [0.4, 0.5) is 10.1 Å². The first kappa shape index (κ1) is 12.2. The van der Waals surface area contributed by atoms with Crippen molar-refractivity contribution in [2.24, 2.45) is 0 Å². The molecule has 0 saturated carbocycles. The second-order valence-electron chi connectivity index (χ2n) is 4.31. The lowest BCUT2D eigenvalue weighted by Gasteiger charge is -2.24. The zero-order chi connectivity index (χ0) is 13.2. The van der Waals surface area contributed by atoms with Gasteiger partial charge in [0, 0.05) is 5.69 Å². The van der Waals surface area contributed by atoms with E-state index in [0.717, 1.165) is 11.3 Å². The minimum absolute atomic E-state index is 0.0286. The minimum atomic E-state index is -0.292. The van der Waals surface area contributed by atoms with Crippen LogP contribution in [-0.2, 0) is 4.79 Å². The van der Waals surface area contributed by atoms with Crippen molar-refractivity contribution in [1.29, 1.82) is 0 Å². The molecule has 2 aromatic rings. The monoisotopic (exact) mass is 273 g/mol. The summed E-state index contributed by atoms with van der Waals surface area (Å²) >= 11 is 1.59. The predicted octanol–water partition coefficient (Wildman–Crippen LogP) is 3.60. The molecule has 4 heteroatoms. The number of rotatable bonds is 2. The van der Waals surface area contributed by atoms with Crippen molar-refractivity contribution in [2.75, 3.05) is 10.7 Å². The van der Waals surface area contributed by atoms with E-state index in [-0.39, 0.29) is 17.1 Å². The quantitative estimate of drug-likeness (QED) is 0.833. The largest absolute Gasteiger partial charge is 0.295 e. The number of hydrogen-bond acceptors (Lipinski definition) is 2. The molecule has 96 valence electrons. The maximum atomic E-state index is 13.0. The number of carbonyl (C=O) groups excluding carboxylic acids is 1. The molecular formula is C15H12FNOS. The van der Waals surface area contributed by atoms with E-state index in [1.165, 1.54) is 12.1 Å². The van der Waals surface area contributed by atoms with Crippen LogP contribution in [0.5, 0.6) is 0 Å². The number of thioether (sulfide) groups is 1. The van der Waals surface area contributed by atoms with Gasteiger partial charge >= 0.3 is 0 Å². The highest BCUT2D eigenvalue weighted by Gasteiger charge is 2.33. The van der Waals surface area contributed by atoms with Crippen LogP contribution in [0.25, 0.3) is 0 Å². The Morgan fingerprint density at radius 1 is 1.05 bits per heavy atom. The molecule has 1 aliphatic heterocycles. The molecule has 2 aromatic carbocycles. The van der Waals surface area contributed by atoms with Crippen LogP contribution in [0.3, 0.4) is 0 Å². The third-order valence-corrected chi connectivity index (χ3v) is 4.27. The lowest BCUT2D eigenvalue weighted by Crippen LogP contribution is -2.27. The lowest BCUT2D eigenvalue weighted by atomic mass is 10.2. The van der Waals surface area contributed by atoms with Crippen molar-refractivity contribution >= 4 is 23.4 Å². The van der Waals surface area contributed by atoms with Gasteiger partial charge in [0.25, 0.3) is 0 Å². The Hall–Kier alpha value is -1.81. The second-order valence-corrected chi connectivity index (χ2v) is 5.38. The highest BCUT2D eigenvalue weighted by atomic mass is 32.2. The van der Waals surface area contributed by atoms with Crippen molar-refractivity contribution in [2.45, 2.75) is 5.37 Å². The lowest BCUT2D eigenvalue weighted by molar-refractivity contribution is -0.115. The van der Waals surface area contributed by atoms with Crippen LogP contribution >= 0.6 is 11.8 Å². The maximum Gasteiger partial charge on any atom is 0.238 e. The molecule has 2 nitrogen and oxygen atoms in total. The van der Waals surface area contributed by atoms with Crippen LogP contribution < -0.4 is 4.90 Å². The third-order valence-electron chi connectivity index (χ3n) is 3.06. The maximum absolute atomic E-state index is 13.0. The van der Waals surface area contributed by atoms with Crippen molar-refractivity contribution < 1.29 is 9.18 Å². The van der Waals surface area contributed by atoms with E-state index in [1.807, 2.05) is 30.3 Å². The fraction of sp³-hybridized carbons (Fsp3) is 0.133. The highest BCUT2D eigenvalue weighted by molar-refractivity contribution is 8.00. The van der Waals surface area contributed by atoms with Gasteiger partial charge in [-0.05, 0) is 29.8 Å². The second kappa shape index (κ2) is 5.05. The van der Waals surface area contributed by atoms with Gasteiger partial charge in [-0.2, -0.15) is 0 Å². The Kier molecular flexibility index (Phi) is 3.25. The summed E-state index contributed by atoms with van der Waals surface area (Å²) in [6.45, 7) is 0. The number of carbonyl (C=O) groups is 1. The normalized spacial score (nSPS) is 18.9. The number of nitrogens with zero attached hydrogens (tertiary/aromatic N) is 1. The number of amides is 1. The summed E-state index contributed by atoms with van der Waals surface area (Å²) in [4.78, 5) is 13.8. The standard InChI is InChI=1S/C15H12FNOS/c16-12-6-8-13(9-7-12)17-14(18)10-19-15(17)11-4-2-1-3-5-11/h1-9,15H,10H2. The van der Waals surface area contributed by atoms with E-state index >= 15 is 0 Å². The SMILES string of the molecule is O=C1CSC(c2ccccc2)N1c1ccc(F)cc1. The molecule has 0 aliphatic carbocycles. The van der Waals surface area contributed by atoms with Crippen LogP contribution in [0.2, 0.25) is 0 Å². The molecule has 0 radical (unpaired) electrons. The summed E-state index contributed by atoms with van der Waals surface area (Å²) in [5.41, 5.74) is 1.83. The Bertz CT molecular complexity index is 585. The van der Waals surface area contributed by atoms with Gasteiger partial charge < -0.3 is 0 Å². The molecule has 1 saturated heterocycles. The minimum Gasteiger partial charge on any atom is -0.295 e. The Balaban J connectivity index is 1.97. The smallest absolute Gasteiger partial charge is 0.238 e. The molecule has 1 fully saturated rings. The molecule has 0 aromatic heterocycles. The van der Waals surface area contributed by atoms with E-state index in [9.17, 15) is 9.18 Å². The van der Waals surface area contributed by atoms with E-state index in [1.54, 1.807) is 28.8 Å².